The summed E-state index contributed by atoms with van der Waals surface area (Å²) in [7, 11) is 1.68. The minimum atomic E-state index is 0.623. The molecule has 0 radical (unpaired) electrons. The van der Waals surface area contributed by atoms with Crippen molar-refractivity contribution in [1.82, 2.24) is 0 Å². The van der Waals surface area contributed by atoms with Crippen LogP contribution in [0.1, 0.15) is 11.1 Å². The second kappa shape index (κ2) is 4.57. The molecule has 0 N–H and O–H groups in total. The highest BCUT2D eigenvalue weighted by Crippen LogP contribution is 2.34. The third kappa shape index (κ3) is 1.86. The van der Waals surface area contributed by atoms with Gasteiger partial charge in [-0.25, -0.2) is 0 Å². The van der Waals surface area contributed by atoms with Gasteiger partial charge in [0, 0.05) is 5.56 Å². The Hall–Kier alpha value is -2.22. The Morgan fingerprint density at radius 2 is 1.78 bits per heavy atom. The molecule has 0 atom stereocenters. The first-order chi connectivity index (χ1) is 8.88. The molecule has 0 spiro atoms. The number of ether oxygens (including phenoxy) is 2. The maximum absolute atomic E-state index is 5.62. The lowest BCUT2D eigenvalue weighted by Gasteiger charge is -2.18. The van der Waals surface area contributed by atoms with Crippen molar-refractivity contribution in [1.29, 1.82) is 0 Å². The lowest BCUT2D eigenvalue weighted by molar-refractivity contribution is 0.357. The van der Waals surface area contributed by atoms with E-state index in [1.807, 2.05) is 30.3 Å². The van der Waals surface area contributed by atoms with Gasteiger partial charge in [-0.1, -0.05) is 30.3 Å². The standard InChI is InChI=1S/C16H14O2/c1-17-13-8-6-12(7-9-13)14-10-11-18-16-5-3-2-4-15(14)16/h2-10H,11H2,1H3. The summed E-state index contributed by atoms with van der Waals surface area (Å²) in [4.78, 5) is 0. The molecule has 2 aromatic rings. The smallest absolute Gasteiger partial charge is 0.127 e. The number of hydrogen-bond donors (Lipinski definition) is 0. The zero-order valence-corrected chi connectivity index (χ0v) is 10.2. The molecule has 0 aromatic heterocycles. The SMILES string of the molecule is COc1ccc(C2=CCOc3ccccc32)cc1. The molecule has 0 saturated carbocycles. The highest BCUT2D eigenvalue weighted by molar-refractivity contribution is 5.83. The molecule has 0 amide bonds. The van der Waals surface area contributed by atoms with Crippen LogP contribution in [0, 0.1) is 0 Å². The van der Waals surface area contributed by atoms with E-state index >= 15 is 0 Å². The molecule has 0 unspecified atom stereocenters. The largest absolute Gasteiger partial charge is 0.497 e. The second-order valence-electron chi connectivity index (χ2n) is 4.15. The monoisotopic (exact) mass is 238 g/mol. The van der Waals surface area contributed by atoms with E-state index in [-0.39, 0.29) is 0 Å². The van der Waals surface area contributed by atoms with Crippen LogP contribution in [-0.4, -0.2) is 13.7 Å². The summed E-state index contributed by atoms with van der Waals surface area (Å²) in [5.41, 5.74) is 3.56. The van der Waals surface area contributed by atoms with Gasteiger partial charge in [-0.3, -0.25) is 0 Å². The number of para-hydroxylation sites is 1. The fourth-order valence-corrected chi connectivity index (χ4v) is 2.18. The lowest BCUT2D eigenvalue weighted by atomic mass is 9.95. The highest BCUT2D eigenvalue weighted by atomic mass is 16.5. The lowest BCUT2D eigenvalue weighted by Crippen LogP contribution is -2.05. The molecule has 2 heteroatoms. The summed E-state index contributed by atoms with van der Waals surface area (Å²) in [6.07, 6.45) is 2.12. The van der Waals surface area contributed by atoms with Gasteiger partial charge in [-0.15, -0.1) is 0 Å². The summed E-state index contributed by atoms with van der Waals surface area (Å²) >= 11 is 0. The van der Waals surface area contributed by atoms with Crippen molar-refractivity contribution in [2.24, 2.45) is 0 Å². The van der Waals surface area contributed by atoms with E-state index in [1.54, 1.807) is 7.11 Å². The number of methoxy groups -OCH3 is 1. The molecular weight excluding hydrogens is 224 g/mol. The Bertz CT molecular complexity index is 582. The molecule has 0 aliphatic carbocycles. The first-order valence-corrected chi connectivity index (χ1v) is 5.95. The van der Waals surface area contributed by atoms with Crippen LogP contribution < -0.4 is 9.47 Å². The summed E-state index contributed by atoms with van der Waals surface area (Å²) < 4.78 is 10.8. The van der Waals surface area contributed by atoms with Gasteiger partial charge in [0.05, 0.1) is 7.11 Å². The van der Waals surface area contributed by atoms with Crippen molar-refractivity contribution < 1.29 is 9.47 Å². The molecule has 2 nitrogen and oxygen atoms in total. The van der Waals surface area contributed by atoms with Crippen molar-refractivity contribution in [3.8, 4) is 11.5 Å². The summed E-state index contributed by atoms with van der Waals surface area (Å²) in [6.45, 7) is 0.623. The van der Waals surface area contributed by atoms with Crippen molar-refractivity contribution in [2.75, 3.05) is 13.7 Å². The van der Waals surface area contributed by atoms with Crippen LogP contribution in [0.3, 0.4) is 0 Å². The van der Waals surface area contributed by atoms with E-state index in [2.05, 4.69) is 24.3 Å². The van der Waals surface area contributed by atoms with E-state index in [0.717, 1.165) is 17.1 Å². The van der Waals surface area contributed by atoms with Gasteiger partial charge in [0.2, 0.25) is 0 Å². The van der Waals surface area contributed by atoms with E-state index in [0.29, 0.717) is 6.61 Å². The molecule has 0 fully saturated rings. The van der Waals surface area contributed by atoms with Gasteiger partial charge in [0.25, 0.3) is 0 Å². The predicted molar refractivity (Wildman–Crippen MR) is 72.0 cm³/mol. The molecule has 18 heavy (non-hydrogen) atoms. The Labute approximate surface area is 106 Å². The van der Waals surface area contributed by atoms with Gasteiger partial charge < -0.3 is 9.47 Å². The van der Waals surface area contributed by atoms with Crippen molar-refractivity contribution in [3.05, 3.63) is 65.7 Å². The van der Waals surface area contributed by atoms with Crippen molar-refractivity contribution >= 4 is 5.57 Å². The van der Waals surface area contributed by atoms with E-state index in [1.165, 1.54) is 11.1 Å². The summed E-state index contributed by atoms with van der Waals surface area (Å²) in [5, 5.41) is 0. The molecular formula is C16H14O2. The predicted octanol–water partition coefficient (Wildman–Crippen LogP) is 3.52. The van der Waals surface area contributed by atoms with Gasteiger partial charge in [-0.2, -0.15) is 0 Å². The van der Waals surface area contributed by atoms with Crippen LogP contribution in [0.2, 0.25) is 0 Å². The number of rotatable bonds is 2. The number of hydrogen-bond acceptors (Lipinski definition) is 2. The van der Waals surface area contributed by atoms with Gasteiger partial charge in [-0.05, 0) is 35.4 Å². The Kier molecular flexibility index (Phi) is 2.77. The molecule has 1 heterocycles. The van der Waals surface area contributed by atoms with Crippen LogP contribution in [0.5, 0.6) is 11.5 Å². The molecule has 2 aromatic carbocycles. The van der Waals surface area contributed by atoms with Crippen LogP contribution in [-0.2, 0) is 0 Å². The Morgan fingerprint density at radius 1 is 1.00 bits per heavy atom. The molecule has 3 rings (SSSR count). The number of benzene rings is 2. The van der Waals surface area contributed by atoms with E-state index in [4.69, 9.17) is 9.47 Å². The fraction of sp³-hybridized carbons (Fsp3) is 0.125. The maximum atomic E-state index is 5.62. The van der Waals surface area contributed by atoms with Gasteiger partial charge >= 0.3 is 0 Å². The molecule has 0 saturated heterocycles. The second-order valence-corrected chi connectivity index (χ2v) is 4.15. The molecule has 1 aliphatic rings. The Balaban J connectivity index is 2.03. The zero-order valence-electron chi connectivity index (χ0n) is 10.2. The third-order valence-corrected chi connectivity index (χ3v) is 3.10. The van der Waals surface area contributed by atoms with Crippen LogP contribution in [0.4, 0.5) is 0 Å². The normalized spacial score (nSPS) is 13.3. The van der Waals surface area contributed by atoms with Crippen LogP contribution >= 0.6 is 0 Å². The van der Waals surface area contributed by atoms with Gasteiger partial charge in [0.1, 0.15) is 18.1 Å². The quantitative estimate of drug-likeness (QED) is 0.797. The molecule has 0 bridgehead atoms. The first-order valence-electron chi connectivity index (χ1n) is 5.95. The van der Waals surface area contributed by atoms with Crippen molar-refractivity contribution in [3.63, 3.8) is 0 Å². The highest BCUT2D eigenvalue weighted by Gasteiger charge is 2.14. The average Bonchev–Trinajstić information content (AvgIpc) is 2.47. The Morgan fingerprint density at radius 3 is 2.56 bits per heavy atom. The molecule has 1 aliphatic heterocycles. The number of fused-ring (bicyclic) bond motifs is 1. The third-order valence-electron chi connectivity index (χ3n) is 3.10. The topological polar surface area (TPSA) is 18.5 Å². The van der Waals surface area contributed by atoms with Crippen LogP contribution in [0.25, 0.3) is 5.57 Å². The van der Waals surface area contributed by atoms with Crippen LogP contribution in [0.15, 0.2) is 54.6 Å². The van der Waals surface area contributed by atoms with E-state index < -0.39 is 0 Å². The van der Waals surface area contributed by atoms with Gasteiger partial charge in [0.15, 0.2) is 0 Å². The summed E-state index contributed by atoms with van der Waals surface area (Å²) in [5.74, 6) is 1.82. The maximum Gasteiger partial charge on any atom is 0.127 e. The minimum absolute atomic E-state index is 0.623. The zero-order chi connectivity index (χ0) is 12.4. The average molecular weight is 238 g/mol. The van der Waals surface area contributed by atoms with E-state index in [9.17, 15) is 0 Å². The summed E-state index contributed by atoms with van der Waals surface area (Å²) in [6, 6.07) is 16.2. The minimum Gasteiger partial charge on any atom is -0.497 e. The first kappa shape index (κ1) is 10.9. The molecule has 90 valence electrons. The fourth-order valence-electron chi connectivity index (χ4n) is 2.18. The van der Waals surface area contributed by atoms with Crippen molar-refractivity contribution in [2.45, 2.75) is 0 Å².